The van der Waals surface area contributed by atoms with Gasteiger partial charge in [-0.2, -0.15) is 13.2 Å². The molecular weight excluding hydrogens is 231 g/mol. The Balaban J connectivity index is 2.17. The number of hydrogen-bond donors (Lipinski definition) is 1. The van der Waals surface area contributed by atoms with Gasteiger partial charge in [0.1, 0.15) is 17.5 Å². The van der Waals surface area contributed by atoms with Crippen LogP contribution in [0.3, 0.4) is 0 Å². The third-order valence-corrected chi connectivity index (χ3v) is 3.17. The minimum atomic E-state index is -4.33. The highest BCUT2D eigenvalue weighted by Crippen LogP contribution is 2.37. The van der Waals surface area contributed by atoms with E-state index in [1.165, 1.54) is 6.07 Å². The Bertz CT molecular complexity index is 387. The second-order valence-electron chi connectivity index (χ2n) is 3.00. The molecule has 1 atom stereocenters. The Morgan fingerprint density at radius 2 is 2.20 bits per heavy atom. The largest absolute Gasteiger partial charge is 0.447 e. The second-order valence-corrected chi connectivity index (χ2v) is 4.11. The van der Waals surface area contributed by atoms with Crippen molar-refractivity contribution in [2.24, 2.45) is 0 Å². The van der Waals surface area contributed by atoms with Gasteiger partial charge in [-0.25, -0.2) is 4.79 Å². The normalized spacial score (nSPS) is 21.3. The van der Waals surface area contributed by atoms with Gasteiger partial charge in [-0.15, -0.1) is 11.3 Å². The molecule has 7 heteroatoms. The summed E-state index contributed by atoms with van der Waals surface area (Å²) in [5, 5.41) is 2.42. The van der Waals surface area contributed by atoms with E-state index in [0.717, 1.165) is 6.07 Å². The predicted octanol–water partition coefficient (Wildman–Crippen LogP) is 2.55. The molecule has 2 heterocycles. The molecule has 1 aromatic rings. The van der Waals surface area contributed by atoms with E-state index < -0.39 is 23.2 Å². The smallest absolute Gasteiger partial charge is 0.425 e. The van der Waals surface area contributed by atoms with Crippen LogP contribution in [0.1, 0.15) is 15.8 Å². The van der Waals surface area contributed by atoms with Crippen molar-refractivity contribution in [2.45, 2.75) is 12.2 Å². The molecule has 1 aliphatic heterocycles. The van der Waals surface area contributed by atoms with Gasteiger partial charge in [0.05, 0.1) is 0 Å². The zero-order valence-corrected chi connectivity index (χ0v) is 8.11. The number of thiophene rings is 1. The highest BCUT2D eigenvalue weighted by atomic mass is 32.1. The Morgan fingerprint density at radius 1 is 1.47 bits per heavy atom. The number of carbonyl (C=O) groups is 1. The van der Waals surface area contributed by atoms with Crippen LogP contribution in [-0.2, 0) is 10.9 Å². The summed E-state index contributed by atoms with van der Waals surface area (Å²) >= 11 is 0.619. The van der Waals surface area contributed by atoms with Gasteiger partial charge in [0.25, 0.3) is 0 Å². The molecule has 0 bridgehead atoms. The first kappa shape index (κ1) is 10.3. The molecule has 1 saturated heterocycles. The first-order valence-corrected chi connectivity index (χ1v) is 4.88. The van der Waals surface area contributed by atoms with Crippen LogP contribution in [-0.4, -0.2) is 12.7 Å². The van der Waals surface area contributed by atoms with Crippen molar-refractivity contribution in [1.82, 2.24) is 5.32 Å². The molecule has 2 rings (SSSR count). The number of halogens is 3. The standard InChI is InChI=1S/C8H6F3NO2S/c9-8(10,11)6-2-1-5(15-6)4-3-14-7(13)12-4/h1-2,4H,3H2,(H,12,13). The fraction of sp³-hybridized carbons (Fsp3) is 0.375. The van der Waals surface area contributed by atoms with E-state index >= 15 is 0 Å². The minimum Gasteiger partial charge on any atom is -0.447 e. The van der Waals surface area contributed by atoms with Crippen molar-refractivity contribution in [2.75, 3.05) is 6.61 Å². The number of hydrogen-bond acceptors (Lipinski definition) is 3. The van der Waals surface area contributed by atoms with Crippen molar-refractivity contribution < 1.29 is 22.7 Å². The number of cyclic esters (lactones) is 1. The van der Waals surface area contributed by atoms with Crippen molar-refractivity contribution in [3.63, 3.8) is 0 Å². The van der Waals surface area contributed by atoms with E-state index in [9.17, 15) is 18.0 Å². The van der Waals surface area contributed by atoms with Gasteiger partial charge < -0.3 is 10.1 Å². The summed E-state index contributed by atoms with van der Waals surface area (Å²) in [6, 6.07) is 1.90. The summed E-state index contributed by atoms with van der Waals surface area (Å²) in [4.78, 5) is 10.5. The fourth-order valence-corrected chi connectivity index (χ4v) is 2.14. The number of ether oxygens (including phenoxy) is 1. The number of alkyl carbamates (subject to hydrolysis) is 1. The summed E-state index contributed by atoms with van der Waals surface area (Å²) in [7, 11) is 0. The van der Waals surface area contributed by atoms with Crippen molar-refractivity contribution in [3.05, 3.63) is 21.9 Å². The maximum atomic E-state index is 12.3. The lowest BCUT2D eigenvalue weighted by Crippen LogP contribution is -2.17. The first-order chi connectivity index (χ1) is 6.97. The molecule has 15 heavy (non-hydrogen) atoms. The van der Waals surface area contributed by atoms with Gasteiger partial charge in [-0.1, -0.05) is 0 Å². The van der Waals surface area contributed by atoms with E-state index in [1.54, 1.807) is 0 Å². The number of carbonyl (C=O) groups excluding carboxylic acids is 1. The minimum absolute atomic E-state index is 0.0800. The van der Waals surface area contributed by atoms with Gasteiger partial charge in [0.2, 0.25) is 0 Å². The SMILES string of the molecule is O=C1NC(c2ccc(C(F)(F)F)s2)CO1. The van der Waals surface area contributed by atoms with Crippen LogP contribution in [0.15, 0.2) is 12.1 Å². The van der Waals surface area contributed by atoms with Crippen LogP contribution >= 0.6 is 11.3 Å². The molecule has 3 nitrogen and oxygen atoms in total. The highest BCUT2D eigenvalue weighted by Gasteiger charge is 2.34. The average Bonchev–Trinajstić information content (AvgIpc) is 2.69. The Labute approximate surface area is 86.8 Å². The Hall–Kier alpha value is -1.24. The van der Waals surface area contributed by atoms with Crippen molar-refractivity contribution >= 4 is 17.4 Å². The molecule has 0 aromatic carbocycles. The quantitative estimate of drug-likeness (QED) is 0.815. The molecule has 0 spiro atoms. The third kappa shape index (κ3) is 2.06. The van der Waals surface area contributed by atoms with Gasteiger partial charge in [0, 0.05) is 4.88 Å². The Kier molecular flexibility index (Phi) is 2.34. The highest BCUT2D eigenvalue weighted by molar-refractivity contribution is 7.12. The average molecular weight is 237 g/mol. The summed E-state index contributed by atoms with van der Waals surface area (Å²) in [6.07, 6.45) is -4.92. The van der Waals surface area contributed by atoms with E-state index in [4.69, 9.17) is 0 Å². The fourth-order valence-electron chi connectivity index (χ4n) is 1.23. The molecule has 0 aliphatic carbocycles. The number of rotatable bonds is 1. The second kappa shape index (κ2) is 3.41. The van der Waals surface area contributed by atoms with E-state index in [0.29, 0.717) is 16.2 Å². The molecule has 0 radical (unpaired) electrons. The van der Waals surface area contributed by atoms with Gasteiger partial charge in [-0.3, -0.25) is 0 Å². The predicted molar refractivity (Wildman–Crippen MR) is 46.5 cm³/mol. The van der Waals surface area contributed by atoms with Gasteiger partial charge in [0.15, 0.2) is 0 Å². The van der Waals surface area contributed by atoms with Crippen LogP contribution in [0.4, 0.5) is 18.0 Å². The zero-order valence-electron chi connectivity index (χ0n) is 7.30. The van der Waals surface area contributed by atoms with Crippen LogP contribution in [0.2, 0.25) is 0 Å². The molecule has 0 saturated carbocycles. The molecule has 1 aliphatic rings. The Morgan fingerprint density at radius 3 is 2.67 bits per heavy atom. The van der Waals surface area contributed by atoms with E-state index in [-0.39, 0.29) is 6.61 Å². The summed E-state index contributed by atoms with van der Waals surface area (Å²) in [5.74, 6) is 0. The first-order valence-electron chi connectivity index (χ1n) is 4.07. The number of amides is 1. The summed E-state index contributed by atoms with van der Waals surface area (Å²) in [6.45, 7) is 0.0800. The molecule has 1 amide bonds. The molecule has 1 aromatic heterocycles. The van der Waals surface area contributed by atoms with Gasteiger partial charge in [-0.05, 0) is 12.1 Å². The molecule has 82 valence electrons. The lowest BCUT2D eigenvalue weighted by atomic mass is 10.2. The maximum absolute atomic E-state index is 12.3. The number of nitrogens with one attached hydrogen (secondary N) is 1. The summed E-state index contributed by atoms with van der Waals surface area (Å²) < 4.78 is 41.4. The van der Waals surface area contributed by atoms with E-state index in [1.807, 2.05) is 0 Å². The topological polar surface area (TPSA) is 38.3 Å². The van der Waals surface area contributed by atoms with Gasteiger partial charge >= 0.3 is 12.3 Å². The van der Waals surface area contributed by atoms with Crippen LogP contribution < -0.4 is 5.32 Å². The van der Waals surface area contributed by atoms with Crippen molar-refractivity contribution in [1.29, 1.82) is 0 Å². The zero-order chi connectivity index (χ0) is 11.1. The van der Waals surface area contributed by atoms with E-state index in [2.05, 4.69) is 10.1 Å². The van der Waals surface area contributed by atoms with Crippen LogP contribution in [0.25, 0.3) is 0 Å². The lowest BCUT2D eigenvalue weighted by Gasteiger charge is -2.03. The maximum Gasteiger partial charge on any atom is 0.425 e. The van der Waals surface area contributed by atoms with Crippen molar-refractivity contribution in [3.8, 4) is 0 Å². The molecular formula is C8H6F3NO2S. The molecule has 1 unspecified atom stereocenters. The van der Waals surface area contributed by atoms with Crippen LogP contribution in [0, 0.1) is 0 Å². The number of alkyl halides is 3. The summed E-state index contributed by atoms with van der Waals surface area (Å²) in [5.41, 5.74) is 0. The molecule has 1 fully saturated rings. The lowest BCUT2D eigenvalue weighted by molar-refractivity contribution is -0.134. The monoisotopic (exact) mass is 237 g/mol. The molecule has 1 N–H and O–H groups in total. The van der Waals surface area contributed by atoms with Crippen LogP contribution in [0.5, 0.6) is 0 Å². The third-order valence-electron chi connectivity index (χ3n) is 1.92.